The topological polar surface area (TPSA) is 34.1 Å². The standard InChI is InChI=1S/C17H14O2/c1-11(18)12-2-4-13(5-3-12)14-6-8-16-15(10-14)7-9-17(16)19/h2-6,8,10H,7,9H2,1H3. The smallest absolute Gasteiger partial charge is 0.163 e. The molecule has 0 saturated carbocycles. The van der Waals surface area contributed by atoms with Crippen LogP contribution < -0.4 is 0 Å². The first-order valence-electron chi connectivity index (χ1n) is 6.42. The molecule has 3 rings (SSSR count). The Morgan fingerprint density at radius 1 is 0.947 bits per heavy atom. The van der Waals surface area contributed by atoms with Crippen LogP contribution in [0.3, 0.4) is 0 Å². The van der Waals surface area contributed by atoms with Gasteiger partial charge in [-0.3, -0.25) is 9.59 Å². The third-order valence-corrected chi connectivity index (χ3v) is 3.65. The Labute approximate surface area is 112 Å². The second-order valence-corrected chi connectivity index (χ2v) is 4.93. The Balaban J connectivity index is 1.99. The van der Waals surface area contributed by atoms with Crippen LogP contribution in [-0.4, -0.2) is 11.6 Å². The molecule has 2 aromatic rings. The summed E-state index contributed by atoms with van der Waals surface area (Å²) in [6.45, 7) is 1.57. The third-order valence-electron chi connectivity index (χ3n) is 3.65. The van der Waals surface area contributed by atoms with Crippen molar-refractivity contribution in [2.75, 3.05) is 0 Å². The van der Waals surface area contributed by atoms with Crippen molar-refractivity contribution in [3.63, 3.8) is 0 Å². The minimum absolute atomic E-state index is 0.0751. The predicted octanol–water partition coefficient (Wildman–Crippen LogP) is 3.69. The molecular weight excluding hydrogens is 236 g/mol. The van der Waals surface area contributed by atoms with E-state index in [1.165, 1.54) is 0 Å². The molecule has 0 bridgehead atoms. The summed E-state index contributed by atoms with van der Waals surface area (Å²) in [5.74, 6) is 0.319. The van der Waals surface area contributed by atoms with E-state index in [1.54, 1.807) is 6.92 Å². The van der Waals surface area contributed by atoms with Gasteiger partial charge in [0.1, 0.15) is 0 Å². The van der Waals surface area contributed by atoms with Gasteiger partial charge in [-0.1, -0.05) is 42.5 Å². The van der Waals surface area contributed by atoms with Crippen molar-refractivity contribution in [2.24, 2.45) is 0 Å². The fourth-order valence-electron chi connectivity index (χ4n) is 2.53. The van der Waals surface area contributed by atoms with Crippen LogP contribution in [0.5, 0.6) is 0 Å². The second-order valence-electron chi connectivity index (χ2n) is 4.93. The largest absolute Gasteiger partial charge is 0.295 e. The van der Waals surface area contributed by atoms with Gasteiger partial charge in [0, 0.05) is 17.5 Å². The molecule has 2 heteroatoms. The molecule has 0 atom stereocenters. The number of hydrogen-bond acceptors (Lipinski definition) is 2. The van der Waals surface area contributed by atoms with Gasteiger partial charge in [-0.05, 0) is 30.0 Å². The van der Waals surface area contributed by atoms with E-state index in [0.29, 0.717) is 6.42 Å². The molecule has 19 heavy (non-hydrogen) atoms. The van der Waals surface area contributed by atoms with E-state index in [4.69, 9.17) is 0 Å². The first kappa shape index (κ1) is 11.8. The second kappa shape index (κ2) is 4.47. The summed E-state index contributed by atoms with van der Waals surface area (Å²) in [7, 11) is 0. The normalized spacial score (nSPS) is 13.4. The van der Waals surface area contributed by atoms with Gasteiger partial charge in [0.15, 0.2) is 11.6 Å². The molecule has 0 saturated heterocycles. The van der Waals surface area contributed by atoms with E-state index in [-0.39, 0.29) is 11.6 Å². The molecule has 0 unspecified atom stereocenters. The molecule has 2 nitrogen and oxygen atoms in total. The van der Waals surface area contributed by atoms with Crippen molar-refractivity contribution in [2.45, 2.75) is 19.8 Å². The molecule has 0 heterocycles. The first-order chi connectivity index (χ1) is 9.15. The summed E-state index contributed by atoms with van der Waals surface area (Å²) in [5, 5.41) is 0. The number of benzene rings is 2. The van der Waals surface area contributed by atoms with Gasteiger partial charge in [0.05, 0.1) is 0 Å². The summed E-state index contributed by atoms with van der Waals surface area (Å²) >= 11 is 0. The van der Waals surface area contributed by atoms with Crippen molar-refractivity contribution < 1.29 is 9.59 Å². The molecule has 1 aliphatic carbocycles. The maximum atomic E-state index is 11.6. The van der Waals surface area contributed by atoms with Crippen molar-refractivity contribution in [3.8, 4) is 11.1 Å². The number of Topliss-reactive ketones (excluding diaryl/α,β-unsaturated/α-hetero) is 2. The summed E-state index contributed by atoms with van der Waals surface area (Å²) in [6.07, 6.45) is 1.47. The van der Waals surface area contributed by atoms with Crippen LogP contribution in [0.2, 0.25) is 0 Å². The van der Waals surface area contributed by atoms with E-state index < -0.39 is 0 Å². The van der Waals surface area contributed by atoms with Crippen molar-refractivity contribution in [1.29, 1.82) is 0 Å². The average molecular weight is 250 g/mol. The highest BCUT2D eigenvalue weighted by Crippen LogP contribution is 2.28. The Kier molecular flexibility index (Phi) is 2.79. The van der Waals surface area contributed by atoms with E-state index in [1.807, 2.05) is 36.4 Å². The highest BCUT2D eigenvalue weighted by molar-refractivity contribution is 6.01. The number of carbonyl (C=O) groups is 2. The number of hydrogen-bond donors (Lipinski definition) is 0. The van der Waals surface area contributed by atoms with Gasteiger partial charge in [0.25, 0.3) is 0 Å². The first-order valence-corrected chi connectivity index (χ1v) is 6.42. The number of rotatable bonds is 2. The summed E-state index contributed by atoms with van der Waals surface area (Å²) < 4.78 is 0. The van der Waals surface area contributed by atoms with Gasteiger partial charge >= 0.3 is 0 Å². The summed E-state index contributed by atoms with van der Waals surface area (Å²) in [6, 6.07) is 13.6. The van der Waals surface area contributed by atoms with Crippen LogP contribution in [0.4, 0.5) is 0 Å². The van der Waals surface area contributed by atoms with Gasteiger partial charge in [-0.25, -0.2) is 0 Å². The lowest BCUT2D eigenvalue weighted by Gasteiger charge is -2.05. The molecule has 0 radical (unpaired) electrons. The van der Waals surface area contributed by atoms with Crippen molar-refractivity contribution >= 4 is 11.6 Å². The fraction of sp³-hybridized carbons (Fsp3) is 0.176. The van der Waals surface area contributed by atoms with E-state index in [0.717, 1.165) is 34.2 Å². The lowest BCUT2D eigenvalue weighted by atomic mass is 9.99. The quantitative estimate of drug-likeness (QED) is 0.762. The third kappa shape index (κ3) is 2.10. The SMILES string of the molecule is CC(=O)c1ccc(-c2ccc3c(c2)CCC3=O)cc1. The molecule has 0 amide bonds. The highest BCUT2D eigenvalue weighted by atomic mass is 16.1. The van der Waals surface area contributed by atoms with E-state index in [2.05, 4.69) is 6.07 Å². The predicted molar refractivity (Wildman–Crippen MR) is 74.5 cm³/mol. The van der Waals surface area contributed by atoms with Crippen LogP contribution in [0.15, 0.2) is 42.5 Å². The van der Waals surface area contributed by atoms with Crippen LogP contribution in [0.25, 0.3) is 11.1 Å². The average Bonchev–Trinajstić information content (AvgIpc) is 2.80. The van der Waals surface area contributed by atoms with Gasteiger partial charge in [-0.2, -0.15) is 0 Å². The van der Waals surface area contributed by atoms with Crippen LogP contribution >= 0.6 is 0 Å². The Morgan fingerprint density at radius 3 is 2.32 bits per heavy atom. The van der Waals surface area contributed by atoms with E-state index in [9.17, 15) is 9.59 Å². The number of fused-ring (bicyclic) bond motifs is 1. The molecule has 0 N–H and O–H groups in total. The zero-order valence-electron chi connectivity index (χ0n) is 10.8. The number of carbonyl (C=O) groups excluding carboxylic acids is 2. The molecule has 0 spiro atoms. The molecule has 0 aliphatic heterocycles. The molecular formula is C17H14O2. The molecule has 0 aromatic heterocycles. The Bertz CT molecular complexity index is 666. The number of ketones is 2. The molecule has 0 fully saturated rings. The molecule has 94 valence electrons. The lowest BCUT2D eigenvalue weighted by molar-refractivity contribution is 0.0991. The zero-order chi connectivity index (χ0) is 13.4. The van der Waals surface area contributed by atoms with Gasteiger partial charge in [0.2, 0.25) is 0 Å². The Morgan fingerprint density at radius 2 is 1.63 bits per heavy atom. The maximum Gasteiger partial charge on any atom is 0.163 e. The molecule has 2 aromatic carbocycles. The minimum atomic E-state index is 0.0751. The van der Waals surface area contributed by atoms with Crippen LogP contribution in [0.1, 0.15) is 39.6 Å². The lowest BCUT2D eigenvalue weighted by Crippen LogP contribution is -1.92. The number of aryl methyl sites for hydroxylation is 1. The summed E-state index contributed by atoms with van der Waals surface area (Å²) in [4.78, 5) is 22.8. The van der Waals surface area contributed by atoms with Crippen LogP contribution in [-0.2, 0) is 6.42 Å². The summed E-state index contributed by atoms with van der Waals surface area (Å²) in [5.41, 5.74) is 4.90. The van der Waals surface area contributed by atoms with Gasteiger partial charge in [-0.15, -0.1) is 0 Å². The van der Waals surface area contributed by atoms with Gasteiger partial charge < -0.3 is 0 Å². The highest BCUT2D eigenvalue weighted by Gasteiger charge is 2.19. The maximum absolute atomic E-state index is 11.6. The van der Waals surface area contributed by atoms with Crippen molar-refractivity contribution in [1.82, 2.24) is 0 Å². The molecule has 1 aliphatic rings. The van der Waals surface area contributed by atoms with Crippen molar-refractivity contribution in [3.05, 3.63) is 59.2 Å². The Hall–Kier alpha value is -2.22. The van der Waals surface area contributed by atoms with E-state index >= 15 is 0 Å². The minimum Gasteiger partial charge on any atom is -0.295 e. The zero-order valence-corrected chi connectivity index (χ0v) is 10.8. The van der Waals surface area contributed by atoms with Crippen LogP contribution in [0, 0.1) is 0 Å². The fourth-order valence-corrected chi connectivity index (χ4v) is 2.53. The monoisotopic (exact) mass is 250 g/mol.